The summed E-state index contributed by atoms with van der Waals surface area (Å²) in [5.41, 5.74) is 0. The van der Waals surface area contributed by atoms with Crippen molar-refractivity contribution in [1.82, 2.24) is 0 Å². The Morgan fingerprint density at radius 3 is 1.93 bits per heavy atom. The number of hydrogen-bond donors (Lipinski definition) is 4. The topological polar surface area (TPSA) is 124 Å². The van der Waals surface area contributed by atoms with Crippen LogP contribution >= 0.6 is 0 Å². The molecule has 15 heavy (non-hydrogen) atoms. The summed E-state index contributed by atoms with van der Waals surface area (Å²) < 4.78 is 5.10. The molecule has 1 rings (SSSR count). The minimum absolute atomic E-state index is 0.0330. The minimum Gasteiger partial charge on any atom is -0.473 e. The first-order valence-corrected chi connectivity index (χ1v) is 4.32. The molecule has 0 radical (unpaired) electrons. The Kier molecular flexibility index (Phi) is 6.59. The Morgan fingerprint density at radius 2 is 1.67 bits per heavy atom. The van der Waals surface area contributed by atoms with Crippen LogP contribution in [0.5, 0.6) is 0 Å². The van der Waals surface area contributed by atoms with Gasteiger partial charge in [-0.1, -0.05) is 0 Å². The first-order valence-electron chi connectivity index (χ1n) is 4.32. The number of ether oxygens (including phenoxy) is 1. The third-order valence-electron chi connectivity index (χ3n) is 1.94. The van der Waals surface area contributed by atoms with E-state index in [4.69, 9.17) is 34.8 Å². The van der Waals surface area contributed by atoms with Gasteiger partial charge in [0.2, 0.25) is 0 Å². The van der Waals surface area contributed by atoms with E-state index in [-0.39, 0.29) is 25.2 Å². The molecule has 0 bridgehead atoms. The van der Waals surface area contributed by atoms with Crippen molar-refractivity contribution in [3.05, 3.63) is 0 Å². The second-order valence-corrected chi connectivity index (χ2v) is 2.93. The van der Waals surface area contributed by atoms with Crippen LogP contribution in [0.2, 0.25) is 0 Å². The summed E-state index contributed by atoms with van der Waals surface area (Å²) in [6.45, 7) is 0.840. The molecule has 4 N–H and O–H groups in total. The Balaban J connectivity index is 0.000000288. The monoisotopic (exact) mass is 222 g/mol. The van der Waals surface area contributed by atoms with Crippen molar-refractivity contribution in [3.63, 3.8) is 0 Å². The van der Waals surface area contributed by atoms with Crippen LogP contribution in [0.1, 0.15) is 6.42 Å². The summed E-state index contributed by atoms with van der Waals surface area (Å²) in [7, 11) is 0. The smallest absolute Gasteiger partial charge is 0.414 e. The largest absolute Gasteiger partial charge is 0.473 e. The highest BCUT2D eigenvalue weighted by molar-refractivity contribution is 6.27. The van der Waals surface area contributed by atoms with Gasteiger partial charge in [-0.05, 0) is 6.42 Å². The average Bonchev–Trinajstić information content (AvgIpc) is 2.65. The second kappa shape index (κ2) is 7.16. The zero-order valence-corrected chi connectivity index (χ0v) is 8.00. The van der Waals surface area contributed by atoms with E-state index < -0.39 is 11.9 Å². The van der Waals surface area contributed by atoms with Gasteiger partial charge in [0.1, 0.15) is 0 Å². The summed E-state index contributed by atoms with van der Waals surface area (Å²) in [4.78, 5) is 18.2. The summed E-state index contributed by atoms with van der Waals surface area (Å²) in [5, 5.41) is 32.1. The molecule has 0 saturated carbocycles. The van der Waals surface area contributed by atoms with Gasteiger partial charge in [0.05, 0.1) is 12.7 Å². The molecule has 0 aliphatic carbocycles. The number of rotatable bonds is 2. The van der Waals surface area contributed by atoms with Crippen LogP contribution in [0.3, 0.4) is 0 Å². The third-order valence-corrected chi connectivity index (χ3v) is 1.94. The molecule has 0 aromatic carbocycles. The molecular weight excluding hydrogens is 208 g/mol. The molecule has 0 spiro atoms. The minimum atomic E-state index is -1.82. The average molecular weight is 222 g/mol. The van der Waals surface area contributed by atoms with Gasteiger partial charge in [-0.25, -0.2) is 9.59 Å². The molecule has 0 amide bonds. The van der Waals surface area contributed by atoms with Gasteiger partial charge in [-0.2, -0.15) is 0 Å². The fraction of sp³-hybridized carbons (Fsp3) is 0.750. The molecule has 1 fully saturated rings. The quantitative estimate of drug-likeness (QED) is 0.420. The highest BCUT2D eigenvalue weighted by Gasteiger charge is 2.26. The van der Waals surface area contributed by atoms with Crippen LogP contribution in [0.4, 0.5) is 0 Å². The SMILES string of the molecule is O=C(O)C(=O)O.OCC1CCOC1CO. The molecule has 1 aliphatic heterocycles. The molecule has 7 nitrogen and oxygen atoms in total. The van der Waals surface area contributed by atoms with Crippen molar-refractivity contribution in [2.45, 2.75) is 12.5 Å². The second-order valence-electron chi connectivity index (χ2n) is 2.93. The van der Waals surface area contributed by atoms with E-state index in [1.165, 1.54) is 0 Å². The van der Waals surface area contributed by atoms with Crippen LogP contribution in [0.25, 0.3) is 0 Å². The van der Waals surface area contributed by atoms with E-state index in [9.17, 15) is 0 Å². The van der Waals surface area contributed by atoms with Crippen molar-refractivity contribution in [1.29, 1.82) is 0 Å². The lowest BCUT2D eigenvalue weighted by Gasteiger charge is -2.11. The lowest BCUT2D eigenvalue weighted by atomic mass is 10.0. The van der Waals surface area contributed by atoms with Crippen molar-refractivity contribution >= 4 is 11.9 Å². The molecule has 1 aliphatic rings. The van der Waals surface area contributed by atoms with E-state index in [0.29, 0.717) is 6.61 Å². The van der Waals surface area contributed by atoms with Crippen molar-refractivity contribution in [3.8, 4) is 0 Å². The van der Waals surface area contributed by atoms with Crippen LogP contribution in [-0.4, -0.2) is 58.3 Å². The Labute approximate surface area is 85.9 Å². The summed E-state index contributed by atoms with van der Waals surface area (Å²) in [6, 6.07) is 0. The molecule has 1 heterocycles. The predicted molar refractivity (Wildman–Crippen MR) is 47.3 cm³/mol. The van der Waals surface area contributed by atoms with Crippen molar-refractivity contribution in [2.24, 2.45) is 5.92 Å². The fourth-order valence-corrected chi connectivity index (χ4v) is 1.10. The molecule has 2 unspecified atom stereocenters. The first-order chi connectivity index (χ1) is 7.02. The maximum absolute atomic E-state index is 9.10. The van der Waals surface area contributed by atoms with E-state index >= 15 is 0 Å². The summed E-state index contributed by atoms with van der Waals surface area (Å²) in [6.07, 6.45) is 0.761. The fourth-order valence-electron chi connectivity index (χ4n) is 1.10. The lowest BCUT2D eigenvalue weighted by Crippen LogP contribution is -2.22. The molecule has 1 saturated heterocycles. The van der Waals surface area contributed by atoms with Gasteiger partial charge in [0.25, 0.3) is 0 Å². The Morgan fingerprint density at radius 1 is 1.13 bits per heavy atom. The maximum atomic E-state index is 9.10. The molecule has 0 aromatic rings. The number of aliphatic carboxylic acids is 2. The maximum Gasteiger partial charge on any atom is 0.414 e. The van der Waals surface area contributed by atoms with Gasteiger partial charge in [-0.15, -0.1) is 0 Å². The van der Waals surface area contributed by atoms with Crippen molar-refractivity contribution < 1.29 is 34.8 Å². The van der Waals surface area contributed by atoms with Crippen LogP contribution < -0.4 is 0 Å². The van der Waals surface area contributed by atoms with Crippen LogP contribution in [0, 0.1) is 5.92 Å². The Bertz CT molecular complexity index is 193. The number of carboxylic acids is 2. The van der Waals surface area contributed by atoms with E-state index in [0.717, 1.165) is 6.42 Å². The zero-order valence-electron chi connectivity index (χ0n) is 8.00. The zero-order chi connectivity index (χ0) is 11.8. The molecule has 7 heteroatoms. The molecular formula is C8H14O7. The van der Waals surface area contributed by atoms with Crippen molar-refractivity contribution in [2.75, 3.05) is 19.8 Å². The van der Waals surface area contributed by atoms with Gasteiger partial charge in [-0.3, -0.25) is 0 Å². The van der Waals surface area contributed by atoms with Gasteiger partial charge < -0.3 is 25.2 Å². The molecule has 0 aromatic heterocycles. The number of aliphatic hydroxyl groups excluding tert-OH is 2. The highest BCUT2D eigenvalue weighted by atomic mass is 16.5. The van der Waals surface area contributed by atoms with Gasteiger partial charge in [0, 0.05) is 19.1 Å². The molecule has 88 valence electrons. The number of aliphatic hydroxyl groups is 2. The number of carboxylic acid groups (broad SMARTS) is 2. The number of hydrogen-bond acceptors (Lipinski definition) is 5. The van der Waals surface area contributed by atoms with Gasteiger partial charge >= 0.3 is 11.9 Å². The van der Waals surface area contributed by atoms with Crippen LogP contribution in [-0.2, 0) is 14.3 Å². The van der Waals surface area contributed by atoms with E-state index in [1.54, 1.807) is 0 Å². The summed E-state index contributed by atoms with van der Waals surface area (Å²) >= 11 is 0. The molecule has 2 atom stereocenters. The number of carbonyl (C=O) groups is 2. The normalized spacial score (nSPS) is 24.1. The third kappa shape index (κ3) is 5.31. The highest BCUT2D eigenvalue weighted by Crippen LogP contribution is 2.19. The predicted octanol–water partition coefficient (Wildman–Crippen LogP) is -1.47. The Hall–Kier alpha value is -1.18. The summed E-state index contributed by atoms with van der Waals surface area (Å²) in [5.74, 6) is -3.49. The van der Waals surface area contributed by atoms with Crippen LogP contribution in [0.15, 0.2) is 0 Å². The first kappa shape index (κ1) is 13.8. The standard InChI is InChI=1S/C6H12O3.C2H2O4/c7-3-5-1-2-9-6(5)4-8;3-1(4)2(5)6/h5-8H,1-4H2;(H,3,4)(H,5,6). The van der Waals surface area contributed by atoms with Gasteiger partial charge in [0.15, 0.2) is 0 Å². The van der Waals surface area contributed by atoms with E-state index in [2.05, 4.69) is 0 Å². The van der Waals surface area contributed by atoms with E-state index in [1.807, 2.05) is 0 Å². The lowest BCUT2D eigenvalue weighted by molar-refractivity contribution is -0.159.